The van der Waals surface area contributed by atoms with Crippen LogP contribution in [0.2, 0.25) is 0 Å². The number of nitrogens with zero attached hydrogens (tertiary/aromatic N) is 3. The van der Waals surface area contributed by atoms with Crippen LogP contribution in [-0.2, 0) is 0 Å². The number of pyridine rings is 1. The van der Waals surface area contributed by atoms with E-state index < -0.39 is 0 Å². The van der Waals surface area contributed by atoms with E-state index in [0.717, 1.165) is 6.54 Å². The van der Waals surface area contributed by atoms with Crippen molar-refractivity contribution in [3.63, 3.8) is 0 Å². The van der Waals surface area contributed by atoms with E-state index in [1.165, 1.54) is 44.1 Å². The molecule has 1 fully saturated rings. The van der Waals surface area contributed by atoms with Gasteiger partial charge >= 0.3 is 0 Å². The maximum absolute atomic E-state index is 12.2. The van der Waals surface area contributed by atoms with Gasteiger partial charge in [0.15, 0.2) is 0 Å². The van der Waals surface area contributed by atoms with Crippen LogP contribution in [0.5, 0.6) is 5.75 Å². The lowest BCUT2D eigenvalue weighted by atomic mass is 10.2. The van der Waals surface area contributed by atoms with Crippen LogP contribution in [0.1, 0.15) is 36.0 Å². The average molecular weight is 277 g/mol. The molecule has 1 aromatic heterocycles. The van der Waals surface area contributed by atoms with Crippen LogP contribution in [0.4, 0.5) is 0 Å². The molecule has 0 saturated heterocycles. The monoisotopic (exact) mass is 277 g/mol. The molecule has 0 aliphatic heterocycles. The lowest BCUT2D eigenvalue weighted by Gasteiger charge is -2.26. The Balaban J connectivity index is 1.84. The molecular formula is C15H23N3O2. The van der Waals surface area contributed by atoms with Crippen molar-refractivity contribution in [1.82, 2.24) is 14.8 Å². The minimum Gasteiger partial charge on any atom is -0.506 e. The number of aromatic nitrogens is 1. The normalized spacial score (nSPS) is 15.8. The molecule has 1 heterocycles. The molecule has 20 heavy (non-hydrogen) atoms. The molecule has 0 spiro atoms. The number of aromatic hydroxyl groups is 1. The SMILES string of the molecule is CN(CCN(C)C1CCCC1)C(=O)c1cncc(O)c1. The summed E-state index contributed by atoms with van der Waals surface area (Å²) in [6.07, 6.45) is 7.98. The largest absolute Gasteiger partial charge is 0.506 e. The summed E-state index contributed by atoms with van der Waals surface area (Å²) in [5.74, 6) is -0.0828. The predicted octanol–water partition coefficient (Wildman–Crippen LogP) is 1.73. The molecule has 0 aromatic carbocycles. The van der Waals surface area contributed by atoms with Gasteiger partial charge in [0.25, 0.3) is 5.91 Å². The Morgan fingerprint density at radius 3 is 2.65 bits per heavy atom. The van der Waals surface area contributed by atoms with Crippen molar-refractivity contribution < 1.29 is 9.90 Å². The Kier molecular flexibility index (Phi) is 4.95. The molecular weight excluding hydrogens is 254 g/mol. The molecule has 5 nitrogen and oxygen atoms in total. The molecule has 110 valence electrons. The Morgan fingerprint density at radius 2 is 2.00 bits per heavy atom. The second kappa shape index (κ2) is 6.70. The number of likely N-dealkylation sites (N-methyl/N-ethyl adjacent to an activating group) is 2. The molecule has 0 unspecified atom stereocenters. The zero-order chi connectivity index (χ0) is 14.5. The summed E-state index contributed by atoms with van der Waals surface area (Å²) in [4.78, 5) is 20.1. The fourth-order valence-electron chi connectivity index (χ4n) is 2.70. The van der Waals surface area contributed by atoms with Gasteiger partial charge < -0.3 is 14.9 Å². The van der Waals surface area contributed by atoms with Gasteiger partial charge in [-0.25, -0.2) is 0 Å². The van der Waals surface area contributed by atoms with Gasteiger partial charge in [-0.2, -0.15) is 0 Å². The first-order valence-electron chi connectivity index (χ1n) is 7.17. The third-order valence-electron chi connectivity index (χ3n) is 4.05. The van der Waals surface area contributed by atoms with E-state index in [0.29, 0.717) is 18.2 Å². The average Bonchev–Trinajstić information content (AvgIpc) is 2.97. The van der Waals surface area contributed by atoms with Crippen LogP contribution in [0.25, 0.3) is 0 Å². The van der Waals surface area contributed by atoms with Crippen molar-refractivity contribution >= 4 is 5.91 Å². The first kappa shape index (κ1) is 14.8. The highest BCUT2D eigenvalue weighted by Gasteiger charge is 2.20. The number of hydrogen-bond donors (Lipinski definition) is 1. The highest BCUT2D eigenvalue weighted by Crippen LogP contribution is 2.22. The van der Waals surface area contributed by atoms with E-state index in [1.54, 1.807) is 11.9 Å². The maximum Gasteiger partial charge on any atom is 0.255 e. The van der Waals surface area contributed by atoms with Crippen LogP contribution < -0.4 is 0 Å². The van der Waals surface area contributed by atoms with Gasteiger partial charge in [-0.15, -0.1) is 0 Å². The number of rotatable bonds is 5. The molecule has 0 atom stereocenters. The minimum atomic E-state index is -0.103. The van der Waals surface area contributed by atoms with Crippen LogP contribution in [-0.4, -0.2) is 59.0 Å². The minimum absolute atomic E-state index is 0.0207. The Hall–Kier alpha value is -1.62. The smallest absolute Gasteiger partial charge is 0.255 e. The fraction of sp³-hybridized carbons (Fsp3) is 0.600. The lowest BCUT2D eigenvalue weighted by Crippen LogP contribution is -2.38. The van der Waals surface area contributed by atoms with Crippen molar-refractivity contribution in [2.45, 2.75) is 31.7 Å². The van der Waals surface area contributed by atoms with Crippen molar-refractivity contribution in [2.24, 2.45) is 0 Å². The van der Waals surface area contributed by atoms with E-state index in [1.807, 2.05) is 0 Å². The molecule has 2 rings (SSSR count). The van der Waals surface area contributed by atoms with Gasteiger partial charge in [-0.1, -0.05) is 12.8 Å². The van der Waals surface area contributed by atoms with Crippen LogP contribution in [0.15, 0.2) is 18.5 Å². The zero-order valence-corrected chi connectivity index (χ0v) is 12.2. The number of carbonyl (C=O) groups is 1. The molecule has 1 saturated carbocycles. The molecule has 5 heteroatoms. The summed E-state index contributed by atoms with van der Waals surface area (Å²) in [5, 5.41) is 9.36. The number of amides is 1. The molecule has 1 aliphatic rings. The van der Waals surface area contributed by atoms with Crippen LogP contribution >= 0.6 is 0 Å². The summed E-state index contributed by atoms with van der Waals surface area (Å²) >= 11 is 0. The fourth-order valence-corrected chi connectivity index (χ4v) is 2.70. The van der Waals surface area contributed by atoms with Gasteiger partial charge in [-0.05, 0) is 26.0 Å². The highest BCUT2D eigenvalue weighted by atomic mass is 16.3. The number of carbonyl (C=O) groups excluding carboxylic acids is 1. The molecule has 1 amide bonds. The number of hydrogen-bond acceptors (Lipinski definition) is 4. The summed E-state index contributed by atoms with van der Waals surface area (Å²) < 4.78 is 0. The summed E-state index contributed by atoms with van der Waals surface area (Å²) in [6.45, 7) is 1.56. The molecule has 0 bridgehead atoms. The first-order chi connectivity index (χ1) is 9.58. The second-order valence-electron chi connectivity index (χ2n) is 5.58. The van der Waals surface area contributed by atoms with E-state index in [2.05, 4.69) is 16.9 Å². The van der Waals surface area contributed by atoms with E-state index >= 15 is 0 Å². The van der Waals surface area contributed by atoms with Gasteiger partial charge in [0, 0.05) is 32.4 Å². The summed E-state index contributed by atoms with van der Waals surface area (Å²) in [7, 11) is 3.92. The van der Waals surface area contributed by atoms with Crippen LogP contribution in [0, 0.1) is 0 Å². The predicted molar refractivity (Wildman–Crippen MR) is 77.7 cm³/mol. The van der Waals surface area contributed by atoms with E-state index in [-0.39, 0.29) is 11.7 Å². The van der Waals surface area contributed by atoms with Crippen molar-refractivity contribution in [3.05, 3.63) is 24.0 Å². The van der Waals surface area contributed by atoms with E-state index in [4.69, 9.17) is 0 Å². The second-order valence-corrected chi connectivity index (χ2v) is 5.58. The molecule has 0 radical (unpaired) electrons. The quantitative estimate of drug-likeness (QED) is 0.890. The van der Waals surface area contributed by atoms with Crippen molar-refractivity contribution in [3.8, 4) is 5.75 Å². The third-order valence-corrected chi connectivity index (χ3v) is 4.05. The zero-order valence-electron chi connectivity index (χ0n) is 12.2. The van der Waals surface area contributed by atoms with Crippen LogP contribution in [0.3, 0.4) is 0 Å². The molecule has 1 N–H and O–H groups in total. The Morgan fingerprint density at radius 1 is 1.30 bits per heavy atom. The van der Waals surface area contributed by atoms with Gasteiger partial charge in [0.2, 0.25) is 0 Å². The topological polar surface area (TPSA) is 56.7 Å². The summed E-state index contributed by atoms with van der Waals surface area (Å²) in [5.41, 5.74) is 0.427. The molecule has 1 aromatic rings. The molecule has 1 aliphatic carbocycles. The van der Waals surface area contributed by atoms with Crippen molar-refractivity contribution in [1.29, 1.82) is 0 Å². The van der Waals surface area contributed by atoms with Crippen molar-refractivity contribution in [2.75, 3.05) is 27.2 Å². The van der Waals surface area contributed by atoms with E-state index in [9.17, 15) is 9.90 Å². The third kappa shape index (κ3) is 3.70. The van der Waals surface area contributed by atoms with Gasteiger partial charge in [-0.3, -0.25) is 9.78 Å². The Bertz CT molecular complexity index is 458. The highest BCUT2D eigenvalue weighted by molar-refractivity contribution is 5.94. The van der Waals surface area contributed by atoms with Gasteiger partial charge in [0.1, 0.15) is 5.75 Å². The lowest BCUT2D eigenvalue weighted by molar-refractivity contribution is 0.0773. The first-order valence-corrected chi connectivity index (χ1v) is 7.17. The maximum atomic E-state index is 12.2. The standard InChI is InChI=1S/C15H23N3O2/c1-17(13-5-3-4-6-13)7-8-18(2)15(20)12-9-14(19)11-16-10-12/h9-11,13,19H,3-8H2,1-2H3. The summed E-state index contributed by atoms with van der Waals surface area (Å²) in [6, 6.07) is 2.12. The van der Waals surface area contributed by atoms with Gasteiger partial charge in [0.05, 0.1) is 11.8 Å². The Labute approximate surface area is 120 Å².